The van der Waals surface area contributed by atoms with E-state index in [1.165, 1.54) is 18.2 Å². The standard InChI is InChI=1S/C28H35F2N3O2/c1-28(2,3)27(35)32(17-23-24(29)8-5-9-25(23)30)12-13-33-21-10-11-22(33)16-20(15-21)18-6-4-7-19(14-18)26(31)34/h4-9,14,20-22H,10-13,15-17H2,1-3H3,(H2,31,34)/t20?,21-,22+. The van der Waals surface area contributed by atoms with E-state index in [0.29, 0.717) is 36.7 Å². The van der Waals surface area contributed by atoms with Crippen molar-refractivity contribution in [1.82, 2.24) is 9.80 Å². The first kappa shape index (κ1) is 25.3. The average molecular weight is 484 g/mol. The number of hydrogen-bond acceptors (Lipinski definition) is 3. The molecule has 2 aliphatic rings. The molecule has 2 N–H and O–H groups in total. The van der Waals surface area contributed by atoms with Crippen LogP contribution < -0.4 is 5.73 Å². The molecule has 1 unspecified atom stereocenters. The molecule has 0 aliphatic carbocycles. The minimum Gasteiger partial charge on any atom is -0.366 e. The average Bonchev–Trinajstić information content (AvgIpc) is 3.04. The van der Waals surface area contributed by atoms with Crippen molar-refractivity contribution in [2.75, 3.05) is 13.1 Å². The van der Waals surface area contributed by atoms with Crippen LogP contribution in [0, 0.1) is 17.0 Å². The molecular weight excluding hydrogens is 448 g/mol. The summed E-state index contributed by atoms with van der Waals surface area (Å²) in [5.41, 5.74) is 6.44. The molecule has 35 heavy (non-hydrogen) atoms. The number of halogens is 2. The number of piperidine rings is 1. The van der Waals surface area contributed by atoms with Crippen LogP contribution in [-0.2, 0) is 11.3 Å². The number of amides is 2. The Morgan fingerprint density at radius 2 is 1.63 bits per heavy atom. The molecule has 5 nitrogen and oxygen atoms in total. The second-order valence-corrected chi connectivity index (χ2v) is 11.0. The molecule has 0 radical (unpaired) electrons. The van der Waals surface area contributed by atoms with E-state index in [-0.39, 0.29) is 18.0 Å². The Labute approximate surface area is 206 Å². The number of hydrogen-bond donors (Lipinski definition) is 1. The number of benzene rings is 2. The molecule has 2 aliphatic heterocycles. The fourth-order valence-electron chi connectivity index (χ4n) is 5.69. The maximum Gasteiger partial charge on any atom is 0.248 e. The minimum atomic E-state index is -0.654. The van der Waals surface area contributed by atoms with E-state index >= 15 is 0 Å². The Morgan fingerprint density at radius 1 is 1.03 bits per heavy atom. The molecule has 0 spiro atoms. The highest BCUT2D eigenvalue weighted by molar-refractivity contribution is 5.92. The van der Waals surface area contributed by atoms with E-state index in [1.54, 1.807) is 11.0 Å². The maximum absolute atomic E-state index is 14.4. The molecule has 2 aromatic carbocycles. The topological polar surface area (TPSA) is 66.6 Å². The first-order valence-corrected chi connectivity index (χ1v) is 12.4. The molecule has 0 saturated carbocycles. The predicted octanol–water partition coefficient (Wildman–Crippen LogP) is 4.85. The Hall–Kier alpha value is -2.80. The van der Waals surface area contributed by atoms with Gasteiger partial charge < -0.3 is 10.6 Å². The summed E-state index contributed by atoms with van der Waals surface area (Å²) >= 11 is 0. The van der Waals surface area contributed by atoms with Gasteiger partial charge in [-0.05, 0) is 61.4 Å². The molecular formula is C28H35F2N3O2. The molecule has 0 aromatic heterocycles. The smallest absolute Gasteiger partial charge is 0.248 e. The molecule has 2 amide bonds. The van der Waals surface area contributed by atoms with Gasteiger partial charge in [-0.25, -0.2) is 8.78 Å². The predicted molar refractivity (Wildman–Crippen MR) is 132 cm³/mol. The lowest BCUT2D eigenvalue weighted by Crippen LogP contribution is -2.48. The van der Waals surface area contributed by atoms with E-state index in [1.807, 2.05) is 32.9 Å². The van der Waals surface area contributed by atoms with Gasteiger partial charge in [-0.2, -0.15) is 0 Å². The summed E-state index contributed by atoms with van der Waals surface area (Å²) in [7, 11) is 0. The third-order valence-electron chi connectivity index (χ3n) is 7.49. The van der Waals surface area contributed by atoms with Crippen LogP contribution in [0.4, 0.5) is 8.78 Å². The van der Waals surface area contributed by atoms with E-state index in [4.69, 9.17) is 5.73 Å². The van der Waals surface area contributed by atoms with Crippen molar-refractivity contribution in [1.29, 1.82) is 0 Å². The fraction of sp³-hybridized carbons (Fsp3) is 0.500. The van der Waals surface area contributed by atoms with Gasteiger partial charge in [-0.15, -0.1) is 0 Å². The van der Waals surface area contributed by atoms with Gasteiger partial charge in [0.1, 0.15) is 11.6 Å². The zero-order valence-corrected chi connectivity index (χ0v) is 20.8. The van der Waals surface area contributed by atoms with Crippen LogP contribution in [-0.4, -0.2) is 46.8 Å². The van der Waals surface area contributed by atoms with Crippen LogP contribution in [0.25, 0.3) is 0 Å². The van der Waals surface area contributed by atoms with Crippen molar-refractivity contribution in [2.24, 2.45) is 11.1 Å². The molecule has 2 heterocycles. The number of carbonyl (C=O) groups excluding carboxylic acids is 2. The summed E-state index contributed by atoms with van der Waals surface area (Å²) in [4.78, 5) is 28.9. The van der Waals surface area contributed by atoms with Crippen molar-refractivity contribution in [3.05, 3.63) is 70.8 Å². The van der Waals surface area contributed by atoms with Crippen molar-refractivity contribution in [2.45, 2.75) is 71.0 Å². The second kappa shape index (κ2) is 10.1. The Balaban J connectivity index is 1.46. The van der Waals surface area contributed by atoms with Crippen molar-refractivity contribution in [3.8, 4) is 0 Å². The molecule has 4 rings (SSSR count). The molecule has 2 fully saturated rings. The zero-order chi connectivity index (χ0) is 25.3. The Bertz CT molecular complexity index is 1060. The number of carbonyl (C=O) groups is 2. The van der Waals surface area contributed by atoms with Gasteiger partial charge in [-0.1, -0.05) is 39.0 Å². The van der Waals surface area contributed by atoms with Crippen LogP contribution in [0.15, 0.2) is 42.5 Å². The van der Waals surface area contributed by atoms with E-state index < -0.39 is 23.0 Å². The molecule has 7 heteroatoms. The van der Waals surface area contributed by atoms with Crippen LogP contribution >= 0.6 is 0 Å². The summed E-state index contributed by atoms with van der Waals surface area (Å²) in [5.74, 6) is -1.43. The van der Waals surface area contributed by atoms with Gasteiger partial charge >= 0.3 is 0 Å². The highest BCUT2D eigenvalue weighted by Gasteiger charge is 2.41. The lowest BCUT2D eigenvalue weighted by molar-refractivity contribution is -0.140. The largest absolute Gasteiger partial charge is 0.366 e. The molecule has 3 atom stereocenters. The van der Waals surface area contributed by atoms with Crippen LogP contribution in [0.3, 0.4) is 0 Å². The molecule has 188 valence electrons. The third kappa shape index (κ3) is 5.56. The van der Waals surface area contributed by atoms with E-state index in [2.05, 4.69) is 11.0 Å². The first-order valence-electron chi connectivity index (χ1n) is 12.4. The number of rotatable bonds is 7. The van der Waals surface area contributed by atoms with Crippen molar-refractivity contribution in [3.63, 3.8) is 0 Å². The zero-order valence-electron chi connectivity index (χ0n) is 20.8. The molecule has 2 saturated heterocycles. The summed E-state index contributed by atoms with van der Waals surface area (Å²) < 4.78 is 28.7. The highest BCUT2D eigenvalue weighted by Crippen LogP contribution is 2.43. The van der Waals surface area contributed by atoms with Gasteiger partial charge in [0.05, 0.1) is 6.54 Å². The number of nitrogens with zero attached hydrogens (tertiary/aromatic N) is 2. The summed E-state index contributed by atoms with van der Waals surface area (Å²) in [5, 5.41) is 0. The van der Waals surface area contributed by atoms with E-state index in [9.17, 15) is 18.4 Å². The molecule has 2 bridgehead atoms. The number of primary amides is 1. The van der Waals surface area contributed by atoms with Gasteiger partial charge in [0, 0.05) is 41.7 Å². The maximum atomic E-state index is 14.4. The Morgan fingerprint density at radius 3 is 2.20 bits per heavy atom. The first-order chi connectivity index (χ1) is 16.5. The van der Waals surface area contributed by atoms with Crippen LogP contribution in [0.5, 0.6) is 0 Å². The van der Waals surface area contributed by atoms with Gasteiger partial charge in [-0.3, -0.25) is 14.5 Å². The summed E-state index contributed by atoms with van der Waals surface area (Å²) in [6, 6.07) is 12.2. The lowest BCUT2D eigenvalue weighted by Gasteiger charge is -2.40. The normalized spacial score (nSPS) is 22.3. The third-order valence-corrected chi connectivity index (χ3v) is 7.49. The minimum absolute atomic E-state index is 0.0684. The fourth-order valence-corrected chi connectivity index (χ4v) is 5.69. The monoisotopic (exact) mass is 483 g/mol. The van der Waals surface area contributed by atoms with Gasteiger partial charge in [0.2, 0.25) is 11.8 Å². The van der Waals surface area contributed by atoms with Gasteiger partial charge in [0.25, 0.3) is 0 Å². The quantitative estimate of drug-likeness (QED) is 0.612. The lowest BCUT2D eigenvalue weighted by atomic mass is 9.84. The van der Waals surface area contributed by atoms with E-state index in [0.717, 1.165) is 31.2 Å². The number of fused-ring (bicyclic) bond motifs is 2. The summed E-state index contributed by atoms with van der Waals surface area (Å²) in [6.45, 7) is 6.49. The highest BCUT2D eigenvalue weighted by atomic mass is 19.1. The van der Waals surface area contributed by atoms with Crippen LogP contribution in [0.1, 0.15) is 73.9 Å². The van der Waals surface area contributed by atoms with Gasteiger partial charge in [0.15, 0.2) is 0 Å². The Kier molecular flexibility index (Phi) is 7.27. The molecule has 2 aromatic rings. The number of nitrogens with two attached hydrogens (primary N) is 1. The second-order valence-electron chi connectivity index (χ2n) is 11.0. The van der Waals surface area contributed by atoms with Crippen molar-refractivity contribution >= 4 is 11.8 Å². The SMILES string of the molecule is CC(C)(C)C(=O)N(CCN1[C@@H]2CC[C@H]1CC(c1cccc(C(N)=O)c1)C2)Cc1c(F)cccc1F. The van der Waals surface area contributed by atoms with Crippen LogP contribution in [0.2, 0.25) is 0 Å². The summed E-state index contributed by atoms with van der Waals surface area (Å²) in [6.07, 6.45) is 4.14. The van der Waals surface area contributed by atoms with Crippen molar-refractivity contribution < 1.29 is 18.4 Å².